The van der Waals surface area contributed by atoms with E-state index in [9.17, 15) is 9.90 Å². The first-order chi connectivity index (χ1) is 12.6. The van der Waals surface area contributed by atoms with Gasteiger partial charge in [0, 0.05) is 25.0 Å². The minimum atomic E-state index is -0.190. The Morgan fingerprint density at radius 1 is 1.04 bits per heavy atom. The summed E-state index contributed by atoms with van der Waals surface area (Å²) in [6, 6.07) is 20.3. The van der Waals surface area contributed by atoms with Crippen LogP contribution in [0.15, 0.2) is 66.7 Å². The molecule has 1 aliphatic heterocycles. The fraction of sp³-hybridized carbons (Fsp3) is 0.143. The van der Waals surface area contributed by atoms with Gasteiger partial charge in [-0.25, -0.2) is 4.98 Å². The maximum Gasteiger partial charge on any atom is 0.276 e. The maximum atomic E-state index is 12.8. The average Bonchev–Trinajstić information content (AvgIpc) is 3.12. The van der Waals surface area contributed by atoms with Crippen molar-refractivity contribution in [3.05, 3.63) is 78.0 Å². The summed E-state index contributed by atoms with van der Waals surface area (Å²) >= 11 is 0. The number of carbonyl (C=O) groups excluding carboxylic acids is 1. The van der Waals surface area contributed by atoms with Gasteiger partial charge in [0.2, 0.25) is 0 Å². The van der Waals surface area contributed by atoms with Gasteiger partial charge in [-0.2, -0.15) is 0 Å². The molecule has 0 unspecified atom stereocenters. The van der Waals surface area contributed by atoms with Gasteiger partial charge in [0.05, 0.1) is 0 Å². The number of hydrogen-bond donors (Lipinski definition) is 1. The monoisotopic (exact) mass is 345 g/mol. The van der Waals surface area contributed by atoms with Crippen molar-refractivity contribution in [1.82, 2.24) is 4.98 Å². The molecule has 0 fully saturated rings. The minimum Gasteiger partial charge on any atom is -0.508 e. The second-order valence-electron chi connectivity index (χ2n) is 6.29. The van der Waals surface area contributed by atoms with Gasteiger partial charge in [-0.15, -0.1) is 0 Å². The van der Waals surface area contributed by atoms with Crippen LogP contribution in [0.3, 0.4) is 0 Å². The van der Waals surface area contributed by atoms with Crippen molar-refractivity contribution in [3.63, 3.8) is 0 Å². The van der Waals surface area contributed by atoms with Crippen molar-refractivity contribution in [3.8, 4) is 5.75 Å². The molecule has 5 heteroatoms. The number of fused-ring (bicyclic) bond motifs is 1. The predicted molar refractivity (Wildman–Crippen MR) is 102 cm³/mol. The molecule has 0 spiro atoms. The van der Waals surface area contributed by atoms with Crippen LogP contribution < -0.4 is 9.80 Å². The van der Waals surface area contributed by atoms with Gasteiger partial charge in [0.25, 0.3) is 5.91 Å². The number of anilines is 3. The molecule has 130 valence electrons. The normalized spacial score (nSPS) is 12.7. The quantitative estimate of drug-likeness (QED) is 0.785. The number of carbonyl (C=O) groups is 1. The Morgan fingerprint density at radius 2 is 1.81 bits per heavy atom. The lowest BCUT2D eigenvalue weighted by Crippen LogP contribution is -2.27. The predicted octanol–water partition coefficient (Wildman–Crippen LogP) is 3.76. The van der Waals surface area contributed by atoms with Crippen LogP contribution in [0, 0.1) is 0 Å². The SMILES string of the molecule is CN(C(=O)c1cccc(N2CCc3ccccc32)n1)c1ccc(O)cc1. The zero-order chi connectivity index (χ0) is 18.1. The Kier molecular flexibility index (Phi) is 4.05. The Hall–Kier alpha value is -3.34. The molecule has 5 nitrogen and oxygen atoms in total. The molecule has 0 radical (unpaired) electrons. The molecule has 1 amide bonds. The van der Waals surface area contributed by atoms with E-state index in [1.54, 1.807) is 37.4 Å². The zero-order valence-corrected chi connectivity index (χ0v) is 14.5. The summed E-state index contributed by atoms with van der Waals surface area (Å²) in [4.78, 5) is 21.1. The number of aromatic nitrogens is 1. The number of nitrogens with zero attached hydrogens (tertiary/aromatic N) is 3. The highest BCUT2D eigenvalue weighted by molar-refractivity contribution is 6.04. The van der Waals surface area contributed by atoms with Gasteiger partial charge in [-0.3, -0.25) is 4.79 Å². The second-order valence-corrected chi connectivity index (χ2v) is 6.29. The molecule has 0 aliphatic carbocycles. The van der Waals surface area contributed by atoms with E-state index >= 15 is 0 Å². The van der Waals surface area contributed by atoms with Crippen LogP contribution in [0.4, 0.5) is 17.2 Å². The lowest BCUT2D eigenvalue weighted by Gasteiger charge is -2.20. The van der Waals surface area contributed by atoms with Crippen molar-refractivity contribution >= 4 is 23.1 Å². The van der Waals surface area contributed by atoms with Gasteiger partial charge < -0.3 is 14.9 Å². The van der Waals surface area contributed by atoms with E-state index in [0.717, 1.165) is 24.5 Å². The molecular formula is C21H19N3O2. The summed E-state index contributed by atoms with van der Waals surface area (Å²) < 4.78 is 0. The van der Waals surface area contributed by atoms with Gasteiger partial charge in [-0.05, 0) is 54.4 Å². The maximum absolute atomic E-state index is 12.8. The molecule has 26 heavy (non-hydrogen) atoms. The number of benzene rings is 2. The summed E-state index contributed by atoms with van der Waals surface area (Å²) in [5.41, 5.74) is 3.54. The lowest BCUT2D eigenvalue weighted by atomic mass is 10.2. The highest BCUT2D eigenvalue weighted by atomic mass is 16.3. The molecule has 1 aliphatic rings. The first-order valence-corrected chi connectivity index (χ1v) is 8.53. The Balaban J connectivity index is 1.62. The second kappa shape index (κ2) is 6.52. The number of aromatic hydroxyl groups is 1. The Morgan fingerprint density at radius 3 is 2.62 bits per heavy atom. The van der Waals surface area contributed by atoms with Crippen LogP contribution >= 0.6 is 0 Å². The van der Waals surface area contributed by atoms with E-state index in [1.165, 1.54) is 10.5 Å². The number of phenols is 1. The van der Waals surface area contributed by atoms with Crippen molar-refractivity contribution in [2.45, 2.75) is 6.42 Å². The minimum absolute atomic E-state index is 0.169. The van der Waals surface area contributed by atoms with Crippen LogP contribution in [0.25, 0.3) is 0 Å². The van der Waals surface area contributed by atoms with Crippen molar-refractivity contribution in [1.29, 1.82) is 0 Å². The number of amides is 1. The summed E-state index contributed by atoms with van der Waals surface area (Å²) in [7, 11) is 1.70. The summed E-state index contributed by atoms with van der Waals surface area (Å²) in [5.74, 6) is 0.757. The fourth-order valence-corrected chi connectivity index (χ4v) is 3.23. The van der Waals surface area contributed by atoms with Crippen LogP contribution in [0.2, 0.25) is 0 Å². The molecule has 3 aromatic rings. The average molecular weight is 345 g/mol. The van der Waals surface area contributed by atoms with Crippen LogP contribution in [0.1, 0.15) is 16.1 Å². The molecule has 1 N–H and O–H groups in total. The molecule has 0 saturated heterocycles. The van der Waals surface area contributed by atoms with E-state index in [0.29, 0.717) is 11.4 Å². The standard InChI is InChI=1S/C21H19N3O2/c1-23(16-9-11-17(25)12-10-16)21(26)18-6-4-8-20(22-18)24-14-13-15-5-2-3-7-19(15)24/h2-12,25H,13-14H2,1H3. The highest BCUT2D eigenvalue weighted by Gasteiger charge is 2.22. The van der Waals surface area contributed by atoms with Gasteiger partial charge in [0.15, 0.2) is 0 Å². The Bertz CT molecular complexity index is 953. The van der Waals surface area contributed by atoms with Crippen LogP contribution in [0.5, 0.6) is 5.75 Å². The third kappa shape index (κ3) is 2.88. The molecular weight excluding hydrogens is 326 g/mol. The first-order valence-electron chi connectivity index (χ1n) is 8.53. The number of pyridine rings is 1. The summed E-state index contributed by atoms with van der Waals surface area (Å²) in [5, 5.41) is 9.41. The molecule has 1 aromatic heterocycles. The van der Waals surface area contributed by atoms with Gasteiger partial charge in [-0.1, -0.05) is 24.3 Å². The molecule has 0 saturated carbocycles. The fourth-order valence-electron chi connectivity index (χ4n) is 3.23. The molecule has 2 aromatic carbocycles. The summed E-state index contributed by atoms with van der Waals surface area (Å²) in [6.07, 6.45) is 0.976. The molecule has 0 atom stereocenters. The van der Waals surface area contributed by atoms with Crippen molar-refractivity contribution < 1.29 is 9.90 Å². The van der Waals surface area contributed by atoms with E-state index < -0.39 is 0 Å². The van der Waals surface area contributed by atoms with Crippen LogP contribution in [-0.2, 0) is 6.42 Å². The van der Waals surface area contributed by atoms with Gasteiger partial charge in [0.1, 0.15) is 17.3 Å². The third-order valence-electron chi connectivity index (χ3n) is 4.66. The Labute approximate surface area is 152 Å². The van der Waals surface area contributed by atoms with Gasteiger partial charge >= 0.3 is 0 Å². The topological polar surface area (TPSA) is 56.7 Å². The lowest BCUT2D eigenvalue weighted by molar-refractivity contribution is 0.0988. The molecule has 2 heterocycles. The van der Waals surface area contributed by atoms with Crippen molar-refractivity contribution in [2.75, 3.05) is 23.4 Å². The van der Waals surface area contributed by atoms with E-state index in [4.69, 9.17) is 0 Å². The zero-order valence-electron chi connectivity index (χ0n) is 14.5. The molecule has 4 rings (SSSR count). The number of hydrogen-bond acceptors (Lipinski definition) is 4. The largest absolute Gasteiger partial charge is 0.508 e. The van der Waals surface area contributed by atoms with E-state index in [1.807, 2.05) is 24.3 Å². The van der Waals surface area contributed by atoms with E-state index in [-0.39, 0.29) is 11.7 Å². The van der Waals surface area contributed by atoms with Crippen LogP contribution in [-0.4, -0.2) is 29.6 Å². The van der Waals surface area contributed by atoms with E-state index in [2.05, 4.69) is 22.0 Å². The summed E-state index contributed by atoms with van der Waals surface area (Å²) in [6.45, 7) is 0.859. The number of rotatable bonds is 3. The molecule has 0 bridgehead atoms. The highest BCUT2D eigenvalue weighted by Crippen LogP contribution is 2.33. The first kappa shape index (κ1) is 16.1. The number of phenolic OH excluding ortho intramolecular Hbond substituents is 1. The third-order valence-corrected chi connectivity index (χ3v) is 4.66. The van der Waals surface area contributed by atoms with Crippen molar-refractivity contribution in [2.24, 2.45) is 0 Å². The number of para-hydroxylation sites is 1. The smallest absolute Gasteiger partial charge is 0.276 e.